The molecule has 0 radical (unpaired) electrons. The van der Waals surface area contributed by atoms with E-state index in [9.17, 15) is 9.59 Å². The Labute approximate surface area is 233 Å². The van der Waals surface area contributed by atoms with Crippen LogP contribution in [0.3, 0.4) is 0 Å². The lowest BCUT2D eigenvalue weighted by atomic mass is 10.0. The van der Waals surface area contributed by atoms with Crippen LogP contribution in [0.15, 0.2) is 71.9 Å². The molecule has 10 heteroatoms. The number of hydrogen-bond donors (Lipinski definition) is 4. The Bertz CT molecular complexity index is 1360. The second-order valence-electron chi connectivity index (χ2n) is 9.35. The summed E-state index contributed by atoms with van der Waals surface area (Å²) in [6.45, 7) is 4.87. The van der Waals surface area contributed by atoms with Gasteiger partial charge in [-0.2, -0.15) is 0 Å². The molecule has 0 aliphatic carbocycles. The molecule has 0 bridgehead atoms. The first-order valence-electron chi connectivity index (χ1n) is 12.8. The summed E-state index contributed by atoms with van der Waals surface area (Å²) in [4.78, 5) is 36.6. The number of likely N-dealkylation sites (tertiary alicyclic amines) is 1. The molecule has 0 spiro atoms. The van der Waals surface area contributed by atoms with Crippen LogP contribution in [-0.2, 0) is 22.6 Å². The predicted octanol–water partition coefficient (Wildman–Crippen LogP) is 4.18. The number of aryl methyl sites for hydroxylation is 1. The van der Waals surface area contributed by atoms with Crippen LogP contribution in [0.5, 0.6) is 5.75 Å². The van der Waals surface area contributed by atoms with Crippen molar-refractivity contribution in [2.45, 2.75) is 39.7 Å². The molecule has 4 rings (SSSR count). The maximum atomic E-state index is 12.9. The SMILES string of the molecule is CC(=O)O.Cc1cc(NC(=O)Cc2cc(C(N)=NO)ccc2OCc2ccccc2)ccc1C(=O)N1CCCC1. The monoisotopic (exact) mass is 546 g/mol. The van der Waals surface area contributed by atoms with Crippen LogP contribution in [0.2, 0.25) is 0 Å². The van der Waals surface area contributed by atoms with E-state index in [4.69, 9.17) is 25.6 Å². The van der Waals surface area contributed by atoms with Gasteiger partial charge in [-0.1, -0.05) is 35.5 Å². The molecule has 2 amide bonds. The Kier molecular flexibility index (Phi) is 10.6. The lowest BCUT2D eigenvalue weighted by Crippen LogP contribution is -2.28. The van der Waals surface area contributed by atoms with Gasteiger partial charge in [-0.3, -0.25) is 14.4 Å². The molecule has 5 N–H and O–H groups in total. The Balaban J connectivity index is 0.00000103. The number of amidine groups is 1. The van der Waals surface area contributed by atoms with Crippen molar-refractivity contribution in [3.63, 3.8) is 0 Å². The van der Waals surface area contributed by atoms with Crippen molar-refractivity contribution in [3.8, 4) is 5.75 Å². The summed E-state index contributed by atoms with van der Waals surface area (Å²) in [6.07, 6.45) is 2.09. The number of ether oxygens (including phenoxy) is 1. The van der Waals surface area contributed by atoms with E-state index < -0.39 is 5.97 Å². The minimum Gasteiger partial charge on any atom is -0.489 e. The van der Waals surface area contributed by atoms with Gasteiger partial charge in [0.05, 0.1) is 6.42 Å². The highest BCUT2D eigenvalue weighted by Crippen LogP contribution is 2.24. The van der Waals surface area contributed by atoms with E-state index in [1.807, 2.05) is 42.2 Å². The number of nitrogens with zero attached hydrogens (tertiary/aromatic N) is 2. The molecule has 40 heavy (non-hydrogen) atoms. The summed E-state index contributed by atoms with van der Waals surface area (Å²) in [5.41, 5.74) is 9.90. The van der Waals surface area contributed by atoms with Crippen molar-refractivity contribution in [3.05, 3.63) is 94.5 Å². The highest BCUT2D eigenvalue weighted by atomic mass is 16.5. The molecule has 0 aromatic heterocycles. The number of nitrogens with two attached hydrogens (primary N) is 1. The van der Waals surface area contributed by atoms with E-state index in [2.05, 4.69) is 10.5 Å². The van der Waals surface area contributed by atoms with Gasteiger partial charge in [0.15, 0.2) is 5.84 Å². The molecular weight excluding hydrogens is 512 g/mol. The average molecular weight is 547 g/mol. The van der Waals surface area contributed by atoms with Crippen LogP contribution in [0, 0.1) is 6.92 Å². The quantitative estimate of drug-likeness (QED) is 0.143. The highest BCUT2D eigenvalue weighted by Gasteiger charge is 2.21. The lowest BCUT2D eigenvalue weighted by Gasteiger charge is -2.17. The Morgan fingerprint density at radius 1 is 1.02 bits per heavy atom. The lowest BCUT2D eigenvalue weighted by molar-refractivity contribution is -0.134. The number of anilines is 1. The second kappa shape index (κ2) is 14.3. The number of carbonyl (C=O) groups is 3. The van der Waals surface area contributed by atoms with Gasteiger partial charge >= 0.3 is 0 Å². The van der Waals surface area contributed by atoms with E-state index in [-0.39, 0.29) is 24.1 Å². The topological polar surface area (TPSA) is 155 Å². The molecule has 1 heterocycles. The van der Waals surface area contributed by atoms with Crippen molar-refractivity contribution in [1.82, 2.24) is 4.90 Å². The first-order chi connectivity index (χ1) is 19.2. The summed E-state index contributed by atoms with van der Waals surface area (Å²) in [5.74, 6) is -0.580. The maximum absolute atomic E-state index is 12.9. The molecule has 1 fully saturated rings. The first-order valence-corrected chi connectivity index (χ1v) is 12.8. The van der Waals surface area contributed by atoms with E-state index in [0.29, 0.717) is 34.7 Å². The van der Waals surface area contributed by atoms with E-state index in [1.54, 1.807) is 36.4 Å². The molecule has 3 aromatic rings. The molecule has 3 aromatic carbocycles. The van der Waals surface area contributed by atoms with E-state index in [1.165, 1.54) is 0 Å². The number of carboxylic acids is 1. The van der Waals surface area contributed by atoms with Gasteiger partial charge < -0.3 is 31.0 Å². The molecule has 210 valence electrons. The fourth-order valence-corrected chi connectivity index (χ4v) is 4.26. The zero-order chi connectivity index (χ0) is 29.1. The van der Waals surface area contributed by atoms with Crippen LogP contribution in [0.25, 0.3) is 0 Å². The number of aliphatic carboxylic acids is 1. The zero-order valence-corrected chi connectivity index (χ0v) is 22.6. The smallest absolute Gasteiger partial charge is 0.300 e. The number of benzene rings is 3. The van der Waals surface area contributed by atoms with Gasteiger partial charge in [0.2, 0.25) is 5.91 Å². The Morgan fingerprint density at radius 3 is 2.33 bits per heavy atom. The predicted molar refractivity (Wildman–Crippen MR) is 152 cm³/mol. The van der Waals surface area contributed by atoms with Gasteiger partial charge in [-0.15, -0.1) is 0 Å². The molecule has 1 aliphatic rings. The Morgan fingerprint density at radius 2 is 1.70 bits per heavy atom. The van der Waals surface area contributed by atoms with Crippen LogP contribution in [0.4, 0.5) is 5.69 Å². The number of nitrogens with one attached hydrogen (secondary N) is 1. The molecule has 1 saturated heterocycles. The number of rotatable bonds is 8. The van der Waals surface area contributed by atoms with Gasteiger partial charge in [0.25, 0.3) is 11.9 Å². The fourth-order valence-electron chi connectivity index (χ4n) is 4.26. The fraction of sp³-hybridized carbons (Fsp3) is 0.267. The standard InChI is InChI=1S/C28H30N4O4.C2H4O2/c1-19-15-23(10-11-24(19)28(34)32-13-5-6-14-32)30-26(33)17-22-16-21(27(29)31-35)9-12-25(22)36-18-20-7-3-2-4-8-20;1-2(3)4/h2-4,7-12,15-16,35H,5-6,13-14,17-18H2,1H3,(H2,29,31)(H,30,33);1H3,(H,3,4). The molecule has 10 nitrogen and oxygen atoms in total. The number of carbonyl (C=O) groups excluding carboxylic acids is 2. The van der Waals surface area contributed by atoms with Gasteiger partial charge in [0.1, 0.15) is 12.4 Å². The van der Waals surface area contributed by atoms with Gasteiger partial charge in [-0.05, 0) is 67.3 Å². The van der Waals surface area contributed by atoms with Crippen molar-refractivity contribution in [2.75, 3.05) is 18.4 Å². The summed E-state index contributed by atoms with van der Waals surface area (Å²) in [7, 11) is 0. The third kappa shape index (κ3) is 8.59. The summed E-state index contributed by atoms with van der Waals surface area (Å²) in [5, 5.41) is 22.4. The molecule has 0 atom stereocenters. The van der Waals surface area contributed by atoms with Crippen LogP contribution in [-0.4, -0.2) is 51.9 Å². The maximum Gasteiger partial charge on any atom is 0.300 e. The van der Waals surface area contributed by atoms with Crippen molar-refractivity contribution >= 4 is 29.3 Å². The number of oxime groups is 1. The van der Waals surface area contributed by atoms with Crippen molar-refractivity contribution in [2.24, 2.45) is 10.9 Å². The molecule has 0 saturated carbocycles. The average Bonchev–Trinajstić information content (AvgIpc) is 3.47. The summed E-state index contributed by atoms with van der Waals surface area (Å²) >= 11 is 0. The third-order valence-electron chi connectivity index (χ3n) is 6.19. The van der Waals surface area contributed by atoms with Gasteiger partial charge in [0, 0.05) is 42.4 Å². The molecule has 0 unspecified atom stereocenters. The van der Waals surface area contributed by atoms with Gasteiger partial charge in [-0.25, -0.2) is 0 Å². The Hall–Kier alpha value is -4.86. The largest absolute Gasteiger partial charge is 0.489 e. The summed E-state index contributed by atoms with van der Waals surface area (Å²) < 4.78 is 5.99. The van der Waals surface area contributed by atoms with Crippen molar-refractivity contribution in [1.29, 1.82) is 0 Å². The highest BCUT2D eigenvalue weighted by molar-refractivity contribution is 5.99. The normalized spacial score (nSPS) is 12.8. The second-order valence-corrected chi connectivity index (χ2v) is 9.35. The summed E-state index contributed by atoms with van der Waals surface area (Å²) in [6, 6.07) is 20.1. The van der Waals surface area contributed by atoms with E-state index in [0.717, 1.165) is 44.0 Å². The van der Waals surface area contributed by atoms with Crippen LogP contribution in [0.1, 0.15) is 52.4 Å². The van der Waals surface area contributed by atoms with Crippen LogP contribution >= 0.6 is 0 Å². The number of amides is 2. The number of hydrogen-bond acceptors (Lipinski definition) is 6. The molecule has 1 aliphatic heterocycles. The van der Waals surface area contributed by atoms with E-state index >= 15 is 0 Å². The first kappa shape index (κ1) is 29.7. The van der Waals surface area contributed by atoms with Crippen molar-refractivity contribution < 1.29 is 29.4 Å². The minimum absolute atomic E-state index is 0.0180. The third-order valence-corrected chi connectivity index (χ3v) is 6.19. The number of carboxylic acid groups (broad SMARTS) is 1. The minimum atomic E-state index is -0.833. The zero-order valence-electron chi connectivity index (χ0n) is 22.6. The molecular formula is C30H34N4O6. The van der Waals surface area contributed by atoms with Crippen LogP contribution < -0.4 is 15.8 Å².